The smallest absolute Gasteiger partial charge is 0.326 e. The van der Waals surface area contributed by atoms with Gasteiger partial charge in [-0.05, 0) is 49.5 Å². The van der Waals surface area contributed by atoms with E-state index in [4.69, 9.17) is 4.74 Å². The first-order chi connectivity index (χ1) is 12.2. The molecule has 134 valence electrons. The third kappa shape index (κ3) is 5.50. The van der Waals surface area contributed by atoms with Crippen molar-refractivity contribution in [2.45, 2.75) is 13.8 Å². The number of methoxy groups -OCH3 is 1. The van der Waals surface area contributed by atoms with Gasteiger partial charge in [0.1, 0.15) is 5.75 Å². The van der Waals surface area contributed by atoms with Crippen molar-refractivity contribution in [2.75, 3.05) is 43.5 Å². The first-order valence-corrected chi connectivity index (χ1v) is 8.67. The van der Waals surface area contributed by atoms with E-state index < -0.39 is 0 Å². The average Bonchev–Trinajstić information content (AvgIpc) is 2.66. The van der Waals surface area contributed by atoms with Crippen molar-refractivity contribution < 1.29 is 9.53 Å². The van der Waals surface area contributed by atoms with Gasteiger partial charge in [0, 0.05) is 24.5 Å². The molecule has 0 aliphatic heterocycles. The van der Waals surface area contributed by atoms with Gasteiger partial charge in [0.05, 0.1) is 7.11 Å². The minimum Gasteiger partial charge on any atom is -0.497 e. The van der Waals surface area contributed by atoms with Gasteiger partial charge in [-0.3, -0.25) is 4.90 Å². The molecule has 0 aromatic heterocycles. The number of rotatable bonds is 8. The molecule has 0 heterocycles. The fraction of sp³-hybridized carbons (Fsp3) is 0.350. The van der Waals surface area contributed by atoms with Crippen LogP contribution in [0.2, 0.25) is 0 Å². The lowest BCUT2D eigenvalue weighted by atomic mass is 10.2. The Morgan fingerprint density at radius 1 is 0.960 bits per heavy atom. The highest BCUT2D eigenvalue weighted by Gasteiger charge is 2.16. The molecule has 2 rings (SSSR count). The van der Waals surface area contributed by atoms with E-state index in [2.05, 4.69) is 24.1 Å². The maximum atomic E-state index is 12.8. The molecule has 0 aliphatic carbocycles. The number of likely N-dealkylation sites (N-methyl/N-ethyl adjacent to an activating group) is 1. The number of hydrogen-bond acceptors (Lipinski definition) is 3. The Morgan fingerprint density at radius 3 is 2.16 bits per heavy atom. The van der Waals surface area contributed by atoms with Gasteiger partial charge in [-0.2, -0.15) is 0 Å². The number of hydrogen-bond donors (Lipinski definition) is 1. The third-order valence-corrected chi connectivity index (χ3v) is 4.19. The van der Waals surface area contributed by atoms with Crippen LogP contribution in [0, 0.1) is 0 Å². The normalized spacial score (nSPS) is 10.6. The summed E-state index contributed by atoms with van der Waals surface area (Å²) in [7, 11) is 1.62. The van der Waals surface area contributed by atoms with Gasteiger partial charge in [-0.1, -0.05) is 32.0 Å². The van der Waals surface area contributed by atoms with Crippen molar-refractivity contribution in [1.82, 2.24) is 4.90 Å². The van der Waals surface area contributed by atoms with Crippen molar-refractivity contribution in [1.29, 1.82) is 0 Å². The molecule has 0 spiro atoms. The molecule has 0 fully saturated rings. The predicted octanol–water partition coefficient (Wildman–Crippen LogP) is 4.08. The summed E-state index contributed by atoms with van der Waals surface area (Å²) in [6.07, 6.45) is 0. The number of anilines is 2. The number of ether oxygens (including phenoxy) is 1. The molecule has 0 aliphatic rings. The molecule has 0 bridgehead atoms. The maximum Gasteiger partial charge on any atom is 0.326 e. The Kier molecular flexibility index (Phi) is 7.29. The number of amides is 2. The molecular formula is C20H27N3O2. The SMILES string of the molecule is CCN(CC)CCN(C(=O)Nc1ccc(OC)cc1)c1ccccc1. The zero-order valence-corrected chi connectivity index (χ0v) is 15.2. The summed E-state index contributed by atoms with van der Waals surface area (Å²) < 4.78 is 5.15. The standard InChI is InChI=1S/C20H27N3O2/c1-4-22(5-2)15-16-23(18-9-7-6-8-10-18)20(24)21-17-11-13-19(25-3)14-12-17/h6-14H,4-5,15-16H2,1-3H3,(H,21,24). The Hall–Kier alpha value is -2.53. The van der Waals surface area contributed by atoms with E-state index in [9.17, 15) is 4.79 Å². The number of nitrogens with zero attached hydrogens (tertiary/aromatic N) is 2. The first kappa shape index (κ1) is 18.8. The van der Waals surface area contributed by atoms with Crippen LogP contribution in [0.15, 0.2) is 54.6 Å². The minimum absolute atomic E-state index is 0.136. The summed E-state index contributed by atoms with van der Waals surface area (Å²) in [6, 6.07) is 17.0. The average molecular weight is 341 g/mol. The van der Waals surface area contributed by atoms with Crippen molar-refractivity contribution >= 4 is 17.4 Å². The number of urea groups is 1. The van der Waals surface area contributed by atoms with Gasteiger partial charge < -0.3 is 15.0 Å². The molecule has 5 heteroatoms. The highest BCUT2D eigenvalue weighted by Crippen LogP contribution is 2.18. The Balaban J connectivity index is 2.11. The van der Waals surface area contributed by atoms with Crippen LogP contribution in [0.5, 0.6) is 5.75 Å². The molecule has 1 N–H and O–H groups in total. The zero-order valence-electron chi connectivity index (χ0n) is 15.2. The summed E-state index contributed by atoms with van der Waals surface area (Å²) >= 11 is 0. The highest BCUT2D eigenvalue weighted by atomic mass is 16.5. The molecule has 5 nitrogen and oxygen atoms in total. The topological polar surface area (TPSA) is 44.8 Å². The number of nitrogens with one attached hydrogen (secondary N) is 1. The highest BCUT2D eigenvalue weighted by molar-refractivity contribution is 6.01. The third-order valence-electron chi connectivity index (χ3n) is 4.19. The largest absolute Gasteiger partial charge is 0.497 e. The van der Waals surface area contributed by atoms with Gasteiger partial charge in [-0.15, -0.1) is 0 Å². The van der Waals surface area contributed by atoms with Crippen LogP contribution >= 0.6 is 0 Å². The Labute approximate surface area is 150 Å². The predicted molar refractivity (Wildman–Crippen MR) is 104 cm³/mol. The molecule has 0 atom stereocenters. The maximum absolute atomic E-state index is 12.8. The van der Waals surface area contributed by atoms with Crippen LogP contribution < -0.4 is 15.0 Å². The van der Waals surface area contributed by atoms with E-state index in [0.717, 1.165) is 36.8 Å². The van der Waals surface area contributed by atoms with Crippen LogP contribution in [0.4, 0.5) is 16.2 Å². The quantitative estimate of drug-likeness (QED) is 0.787. The van der Waals surface area contributed by atoms with E-state index in [1.807, 2.05) is 54.6 Å². The van der Waals surface area contributed by atoms with Crippen molar-refractivity contribution in [2.24, 2.45) is 0 Å². The van der Waals surface area contributed by atoms with E-state index >= 15 is 0 Å². The van der Waals surface area contributed by atoms with Crippen molar-refractivity contribution in [3.05, 3.63) is 54.6 Å². The Morgan fingerprint density at radius 2 is 1.60 bits per heavy atom. The molecule has 2 amide bonds. The summed E-state index contributed by atoms with van der Waals surface area (Å²) in [6.45, 7) is 7.67. The fourth-order valence-corrected chi connectivity index (χ4v) is 2.60. The summed E-state index contributed by atoms with van der Waals surface area (Å²) in [4.78, 5) is 16.9. The molecule has 0 radical (unpaired) electrons. The van der Waals surface area contributed by atoms with E-state index in [1.54, 1.807) is 12.0 Å². The molecule has 0 saturated heterocycles. The lowest BCUT2D eigenvalue weighted by Gasteiger charge is -2.27. The second-order valence-corrected chi connectivity index (χ2v) is 5.67. The number of carbonyl (C=O) groups is 1. The van der Waals surface area contributed by atoms with E-state index in [0.29, 0.717) is 6.54 Å². The lowest BCUT2D eigenvalue weighted by Crippen LogP contribution is -2.41. The zero-order chi connectivity index (χ0) is 18.1. The van der Waals surface area contributed by atoms with Crippen LogP contribution in [0.25, 0.3) is 0 Å². The minimum atomic E-state index is -0.136. The number of carbonyl (C=O) groups excluding carboxylic acids is 1. The summed E-state index contributed by atoms with van der Waals surface area (Å²) in [5, 5.41) is 2.96. The van der Waals surface area contributed by atoms with Gasteiger partial charge >= 0.3 is 6.03 Å². The molecule has 2 aromatic rings. The number of benzene rings is 2. The molecule has 25 heavy (non-hydrogen) atoms. The van der Waals surface area contributed by atoms with Crippen LogP contribution in [0.1, 0.15) is 13.8 Å². The van der Waals surface area contributed by atoms with Gasteiger partial charge in [0.2, 0.25) is 0 Å². The van der Waals surface area contributed by atoms with Crippen LogP contribution in [0.3, 0.4) is 0 Å². The molecule has 2 aromatic carbocycles. The molecule has 0 saturated carbocycles. The van der Waals surface area contributed by atoms with Gasteiger partial charge in [0.15, 0.2) is 0 Å². The Bertz CT molecular complexity index is 640. The van der Waals surface area contributed by atoms with Crippen LogP contribution in [-0.4, -0.2) is 44.2 Å². The van der Waals surface area contributed by atoms with E-state index in [1.165, 1.54) is 0 Å². The van der Waals surface area contributed by atoms with Crippen LogP contribution in [-0.2, 0) is 0 Å². The lowest BCUT2D eigenvalue weighted by molar-refractivity contribution is 0.254. The fourth-order valence-electron chi connectivity index (χ4n) is 2.60. The second-order valence-electron chi connectivity index (χ2n) is 5.67. The summed E-state index contributed by atoms with van der Waals surface area (Å²) in [5.74, 6) is 0.763. The first-order valence-electron chi connectivity index (χ1n) is 8.67. The number of para-hydroxylation sites is 1. The van der Waals surface area contributed by atoms with E-state index in [-0.39, 0.29) is 6.03 Å². The molecule has 0 unspecified atom stereocenters. The van der Waals surface area contributed by atoms with Crippen molar-refractivity contribution in [3.8, 4) is 5.75 Å². The molecular weight excluding hydrogens is 314 g/mol. The second kappa shape index (κ2) is 9.69. The van der Waals surface area contributed by atoms with Gasteiger partial charge in [-0.25, -0.2) is 4.79 Å². The van der Waals surface area contributed by atoms with Crippen molar-refractivity contribution in [3.63, 3.8) is 0 Å². The monoisotopic (exact) mass is 341 g/mol. The van der Waals surface area contributed by atoms with Gasteiger partial charge in [0.25, 0.3) is 0 Å². The summed E-state index contributed by atoms with van der Waals surface area (Å²) in [5.41, 5.74) is 1.63.